The van der Waals surface area contributed by atoms with Crippen LogP contribution in [0.15, 0.2) is 23.6 Å². The lowest BCUT2D eigenvalue weighted by Crippen LogP contribution is -2.25. The first-order valence-electron chi connectivity index (χ1n) is 5.72. The minimum atomic E-state index is -3.05. The number of nitrogens with one attached hydrogen (secondary N) is 1. The molecule has 106 valence electrons. The number of rotatable bonds is 7. The number of anilines is 1. The van der Waals surface area contributed by atoms with Crippen LogP contribution in [0.1, 0.15) is 6.92 Å². The molecule has 0 saturated heterocycles. The third kappa shape index (κ3) is 4.36. The molecule has 0 aliphatic heterocycles. The molecular formula is C11H16ClN3O3S. The van der Waals surface area contributed by atoms with Gasteiger partial charge in [0.2, 0.25) is 0 Å². The van der Waals surface area contributed by atoms with Gasteiger partial charge < -0.3 is 5.32 Å². The average Bonchev–Trinajstić information content (AvgIpc) is 2.38. The van der Waals surface area contributed by atoms with E-state index in [1.807, 2.05) is 0 Å². The highest BCUT2D eigenvalue weighted by molar-refractivity contribution is 7.91. The zero-order chi connectivity index (χ0) is 14.5. The monoisotopic (exact) mass is 305 g/mol. The van der Waals surface area contributed by atoms with Crippen molar-refractivity contribution in [2.24, 2.45) is 0 Å². The second-order valence-electron chi connectivity index (χ2n) is 3.81. The van der Waals surface area contributed by atoms with Gasteiger partial charge in [0.1, 0.15) is 5.02 Å². The van der Waals surface area contributed by atoms with Crippen LogP contribution in [-0.4, -0.2) is 36.2 Å². The molecule has 1 N–H and O–H groups in total. The van der Waals surface area contributed by atoms with Gasteiger partial charge >= 0.3 is 0 Å². The summed E-state index contributed by atoms with van der Waals surface area (Å²) in [5.74, 6) is 0.0666. The number of aromatic nitrogens is 2. The molecule has 0 unspecified atom stereocenters. The van der Waals surface area contributed by atoms with Gasteiger partial charge in [0.05, 0.1) is 24.2 Å². The van der Waals surface area contributed by atoms with E-state index in [2.05, 4.69) is 17.0 Å². The van der Waals surface area contributed by atoms with E-state index in [1.54, 1.807) is 6.92 Å². The van der Waals surface area contributed by atoms with Gasteiger partial charge in [-0.05, 0) is 0 Å². The van der Waals surface area contributed by atoms with E-state index < -0.39 is 15.4 Å². The Hall–Kier alpha value is -1.34. The van der Waals surface area contributed by atoms with Crippen LogP contribution in [0, 0.1) is 0 Å². The summed E-state index contributed by atoms with van der Waals surface area (Å²) < 4.78 is 23.8. The molecule has 0 aromatic carbocycles. The van der Waals surface area contributed by atoms with E-state index >= 15 is 0 Å². The normalized spacial score (nSPS) is 11.3. The highest BCUT2D eigenvalue weighted by atomic mass is 35.5. The number of hydrogen-bond donors (Lipinski definition) is 1. The zero-order valence-corrected chi connectivity index (χ0v) is 12.2. The van der Waals surface area contributed by atoms with Crippen molar-refractivity contribution in [2.45, 2.75) is 13.5 Å². The molecule has 8 heteroatoms. The lowest BCUT2D eigenvalue weighted by atomic mass is 10.4. The molecule has 0 aliphatic carbocycles. The van der Waals surface area contributed by atoms with Crippen molar-refractivity contribution in [3.8, 4) is 0 Å². The fourth-order valence-corrected chi connectivity index (χ4v) is 2.24. The molecule has 0 fully saturated rings. The quantitative estimate of drug-likeness (QED) is 0.758. The molecule has 0 bridgehead atoms. The van der Waals surface area contributed by atoms with Crippen LogP contribution in [0.4, 0.5) is 5.69 Å². The zero-order valence-electron chi connectivity index (χ0n) is 10.6. The van der Waals surface area contributed by atoms with Crippen LogP contribution < -0.4 is 10.9 Å². The van der Waals surface area contributed by atoms with Crippen molar-refractivity contribution in [3.63, 3.8) is 0 Å². The van der Waals surface area contributed by atoms with Gasteiger partial charge in [0, 0.05) is 12.3 Å². The maximum Gasteiger partial charge on any atom is 0.287 e. The molecule has 0 atom stereocenters. The van der Waals surface area contributed by atoms with Crippen LogP contribution in [-0.2, 0) is 16.4 Å². The van der Waals surface area contributed by atoms with Crippen LogP contribution in [0.2, 0.25) is 5.02 Å². The topological polar surface area (TPSA) is 81.1 Å². The van der Waals surface area contributed by atoms with Crippen molar-refractivity contribution in [1.82, 2.24) is 9.78 Å². The minimum absolute atomic E-state index is 0.00857. The van der Waals surface area contributed by atoms with Crippen LogP contribution in [0.5, 0.6) is 0 Å². The molecule has 19 heavy (non-hydrogen) atoms. The number of halogens is 1. The Kier molecular flexibility index (Phi) is 5.56. The lowest BCUT2D eigenvalue weighted by Gasteiger charge is -2.09. The Morgan fingerprint density at radius 3 is 2.84 bits per heavy atom. The SMILES string of the molecule is C=CCn1ncc(NCCS(=O)(=O)CC)c(Cl)c1=O. The van der Waals surface area contributed by atoms with E-state index in [1.165, 1.54) is 17.0 Å². The van der Waals surface area contributed by atoms with Crippen molar-refractivity contribution in [3.05, 3.63) is 34.2 Å². The molecule has 1 aromatic heterocycles. The smallest absolute Gasteiger partial charge is 0.287 e. The van der Waals surface area contributed by atoms with Crippen molar-refractivity contribution in [2.75, 3.05) is 23.4 Å². The van der Waals surface area contributed by atoms with Crippen molar-refractivity contribution < 1.29 is 8.42 Å². The molecule has 0 aliphatic rings. The Morgan fingerprint density at radius 1 is 1.58 bits per heavy atom. The largest absolute Gasteiger partial charge is 0.381 e. The van der Waals surface area contributed by atoms with Gasteiger partial charge in [0.15, 0.2) is 9.84 Å². The molecular weight excluding hydrogens is 290 g/mol. The van der Waals surface area contributed by atoms with Gasteiger partial charge in [-0.25, -0.2) is 13.1 Å². The summed E-state index contributed by atoms with van der Waals surface area (Å²) in [7, 11) is -3.05. The van der Waals surface area contributed by atoms with E-state index in [-0.39, 0.29) is 29.6 Å². The maximum atomic E-state index is 11.8. The molecule has 0 saturated carbocycles. The summed E-state index contributed by atoms with van der Waals surface area (Å²) >= 11 is 5.90. The van der Waals surface area contributed by atoms with E-state index in [0.717, 1.165) is 0 Å². The van der Waals surface area contributed by atoms with E-state index in [9.17, 15) is 13.2 Å². The first kappa shape index (κ1) is 15.7. The molecule has 0 amide bonds. The van der Waals surface area contributed by atoms with E-state index in [4.69, 9.17) is 11.6 Å². The minimum Gasteiger partial charge on any atom is -0.381 e. The number of allylic oxidation sites excluding steroid dienone is 1. The molecule has 0 spiro atoms. The van der Waals surface area contributed by atoms with Gasteiger partial charge in [-0.1, -0.05) is 24.6 Å². The summed E-state index contributed by atoms with van der Waals surface area (Å²) in [4.78, 5) is 11.8. The molecule has 1 aromatic rings. The fourth-order valence-electron chi connectivity index (χ4n) is 1.33. The summed E-state index contributed by atoms with van der Waals surface area (Å²) in [5, 5.41) is 6.69. The Labute approximate surface area is 117 Å². The van der Waals surface area contributed by atoms with Gasteiger partial charge in [-0.15, -0.1) is 6.58 Å². The van der Waals surface area contributed by atoms with Crippen LogP contribution in [0.3, 0.4) is 0 Å². The van der Waals surface area contributed by atoms with Crippen LogP contribution in [0.25, 0.3) is 0 Å². The Bertz CT molecular complexity index is 610. The molecule has 1 heterocycles. The van der Waals surface area contributed by atoms with Crippen molar-refractivity contribution in [1.29, 1.82) is 0 Å². The Balaban J connectivity index is 2.78. The summed E-state index contributed by atoms with van der Waals surface area (Å²) in [6, 6.07) is 0. The highest BCUT2D eigenvalue weighted by Gasteiger charge is 2.10. The number of nitrogens with zero attached hydrogens (tertiary/aromatic N) is 2. The molecule has 6 nitrogen and oxygen atoms in total. The number of sulfone groups is 1. The predicted molar refractivity (Wildman–Crippen MR) is 76.5 cm³/mol. The third-order valence-electron chi connectivity index (χ3n) is 2.46. The van der Waals surface area contributed by atoms with Gasteiger partial charge in [-0.3, -0.25) is 4.79 Å². The lowest BCUT2D eigenvalue weighted by molar-refractivity contribution is 0.597. The summed E-state index contributed by atoms with van der Waals surface area (Å²) in [5.41, 5.74) is -0.108. The van der Waals surface area contributed by atoms with E-state index in [0.29, 0.717) is 5.69 Å². The van der Waals surface area contributed by atoms with Gasteiger partial charge in [-0.2, -0.15) is 5.10 Å². The number of hydrogen-bond acceptors (Lipinski definition) is 5. The average molecular weight is 306 g/mol. The van der Waals surface area contributed by atoms with Gasteiger partial charge in [0.25, 0.3) is 5.56 Å². The summed E-state index contributed by atoms with van der Waals surface area (Å²) in [6.45, 7) is 5.54. The molecule has 1 rings (SSSR count). The Morgan fingerprint density at radius 2 is 2.26 bits per heavy atom. The second kappa shape index (κ2) is 6.72. The fraction of sp³-hybridized carbons (Fsp3) is 0.455. The standard InChI is InChI=1S/C11H16ClN3O3S/c1-3-6-15-11(16)10(12)9(8-14-15)13-5-7-19(17,18)4-2/h3,8,13H,1,4-7H2,2H3. The highest BCUT2D eigenvalue weighted by Crippen LogP contribution is 2.14. The predicted octanol–water partition coefficient (Wildman–Crippen LogP) is 0.929. The molecule has 0 radical (unpaired) electrons. The van der Waals surface area contributed by atoms with Crippen molar-refractivity contribution >= 4 is 27.1 Å². The summed E-state index contributed by atoms with van der Waals surface area (Å²) in [6.07, 6.45) is 2.93. The first-order chi connectivity index (χ1) is 8.91. The van der Waals surface area contributed by atoms with Crippen LogP contribution >= 0.6 is 11.6 Å². The first-order valence-corrected chi connectivity index (χ1v) is 7.92. The third-order valence-corrected chi connectivity index (χ3v) is 4.53. The maximum absolute atomic E-state index is 11.8. The second-order valence-corrected chi connectivity index (χ2v) is 6.66.